The smallest absolute Gasteiger partial charge is 0.189 e. The lowest BCUT2D eigenvalue weighted by Crippen LogP contribution is -2.14. The molecule has 9 rings (SSSR count). The Balaban J connectivity index is 1.38. The molecule has 0 atom stereocenters. The van der Waals surface area contributed by atoms with Crippen LogP contribution >= 0.6 is 0 Å². The number of aromatic nitrogens is 1. The number of nitrogens with zero attached hydrogens (tertiary/aromatic N) is 2. The lowest BCUT2D eigenvalue weighted by molar-refractivity contribution is 0.647. The van der Waals surface area contributed by atoms with Gasteiger partial charge in [0.05, 0.1) is 17.6 Å². The zero-order valence-electron chi connectivity index (χ0n) is 23.8. The van der Waals surface area contributed by atoms with E-state index in [-0.39, 0.29) is 5.41 Å². The van der Waals surface area contributed by atoms with Crippen LogP contribution in [0.2, 0.25) is 0 Å². The van der Waals surface area contributed by atoms with Crippen molar-refractivity contribution < 1.29 is 4.42 Å². The highest BCUT2D eigenvalue weighted by Gasteiger charge is 2.36. The Morgan fingerprint density at radius 2 is 1.28 bits per heavy atom. The van der Waals surface area contributed by atoms with E-state index in [0.717, 1.165) is 49.8 Å². The second-order valence-corrected chi connectivity index (χ2v) is 12.0. The molecule has 202 valence electrons. The highest BCUT2D eigenvalue weighted by Crippen LogP contribution is 2.51. The zero-order chi connectivity index (χ0) is 28.9. The van der Waals surface area contributed by atoms with Gasteiger partial charge >= 0.3 is 0 Å². The zero-order valence-corrected chi connectivity index (χ0v) is 23.8. The van der Waals surface area contributed by atoms with Gasteiger partial charge in [-0.3, -0.25) is 0 Å². The summed E-state index contributed by atoms with van der Waals surface area (Å²) >= 11 is 0. The average molecular weight is 551 g/mol. The molecule has 6 aromatic carbocycles. The third-order valence-corrected chi connectivity index (χ3v) is 9.42. The standard InChI is InChI=1S/C40H26N2O/c1-40(2)32-15-7-4-11-25(32)30-22-31-38(23-33(30)40)43-37-18-10-14-29(39(31)37)28-20-19-24(41-3)21-36(28)42-34-16-8-5-12-26(34)27-13-6-9-17-35(27)42/h4-23H,1-2H3. The first-order valence-corrected chi connectivity index (χ1v) is 14.6. The van der Waals surface area contributed by atoms with Gasteiger partial charge in [-0.05, 0) is 64.2 Å². The van der Waals surface area contributed by atoms with Gasteiger partial charge in [0.1, 0.15) is 11.2 Å². The van der Waals surface area contributed by atoms with Gasteiger partial charge in [0.15, 0.2) is 5.69 Å². The molecule has 0 N–H and O–H groups in total. The molecule has 0 amide bonds. The fourth-order valence-corrected chi connectivity index (χ4v) is 7.43. The van der Waals surface area contributed by atoms with Crippen LogP contribution in [0, 0.1) is 6.57 Å². The van der Waals surface area contributed by atoms with Gasteiger partial charge in [-0.25, -0.2) is 4.85 Å². The maximum Gasteiger partial charge on any atom is 0.189 e. The molecule has 43 heavy (non-hydrogen) atoms. The van der Waals surface area contributed by atoms with Crippen molar-refractivity contribution in [1.82, 2.24) is 4.57 Å². The van der Waals surface area contributed by atoms with E-state index < -0.39 is 0 Å². The summed E-state index contributed by atoms with van der Waals surface area (Å²) in [5.41, 5.74) is 12.9. The Labute approximate surface area is 249 Å². The van der Waals surface area contributed by atoms with Crippen LogP contribution < -0.4 is 0 Å². The molecule has 0 spiro atoms. The van der Waals surface area contributed by atoms with Gasteiger partial charge in [-0.15, -0.1) is 0 Å². The lowest BCUT2D eigenvalue weighted by atomic mass is 9.82. The van der Waals surface area contributed by atoms with Crippen molar-refractivity contribution in [2.75, 3.05) is 0 Å². The second-order valence-electron chi connectivity index (χ2n) is 12.0. The van der Waals surface area contributed by atoms with Crippen molar-refractivity contribution in [2.45, 2.75) is 19.3 Å². The summed E-state index contributed by atoms with van der Waals surface area (Å²) in [5, 5.41) is 4.60. The molecule has 0 saturated heterocycles. The third kappa shape index (κ3) is 3.18. The Bertz CT molecular complexity index is 2450. The molecule has 8 aromatic rings. The minimum absolute atomic E-state index is 0.0960. The first kappa shape index (κ1) is 24.1. The maximum absolute atomic E-state index is 7.84. The number of hydrogen-bond donors (Lipinski definition) is 0. The summed E-state index contributed by atoms with van der Waals surface area (Å²) in [4.78, 5) is 3.83. The number of benzene rings is 6. The van der Waals surface area contributed by atoms with Crippen LogP contribution in [0.4, 0.5) is 5.69 Å². The summed E-state index contributed by atoms with van der Waals surface area (Å²) < 4.78 is 8.90. The Morgan fingerprint density at radius 3 is 2.05 bits per heavy atom. The van der Waals surface area contributed by atoms with E-state index >= 15 is 0 Å². The maximum atomic E-state index is 7.84. The molecule has 0 aliphatic heterocycles. The highest BCUT2D eigenvalue weighted by molar-refractivity contribution is 6.16. The van der Waals surface area contributed by atoms with Crippen molar-refractivity contribution in [2.24, 2.45) is 0 Å². The van der Waals surface area contributed by atoms with Crippen LogP contribution in [0.25, 0.3) is 76.5 Å². The van der Waals surface area contributed by atoms with Crippen LogP contribution in [0.5, 0.6) is 0 Å². The molecule has 3 nitrogen and oxygen atoms in total. The molecular formula is C40H26N2O. The number of hydrogen-bond acceptors (Lipinski definition) is 1. The van der Waals surface area contributed by atoms with E-state index in [0.29, 0.717) is 5.69 Å². The fourth-order valence-electron chi connectivity index (χ4n) is 7.43. The van der Waals surface area contributed by atoms with Gasteiger partial charge in [-0.1, -0.05) is 98.8 Å². The van der Waals surface area contributed by atoms with Gasteiger partial charge in [0, 0.05) is 38.2 Å². The quantitative estimate of drug-likeness (QED) is 0.196. The molecule has 0 saturated carbocycles. The molecule has 0 bridgehead atoms. The minimum atomic E-state index is -0.0960. The summed E-state index contributed by atoms with van der Waals surface area (Å²) in [6.45, 7) is 12.4. The van der Waals surface area contributed by atoms with E-state index in [1.54, 1.807) is 0 Å². The normalized spacial score (nSPS) is 13.5. The topological polar surface area (TPSA) is 22.4 Å². The second kappa shape index (κ2) is 8.47. The van der Waals surface area contributed by atoms with Crippen molar-refractivity contribution in [3.05, 3.63) is 144 Å². The van der Waals surface area contributed by atoms with Crippen molar-refractivity contribution in [3.8, 4) is 27.9 Å². The summed E-state index contributed by atoms with van der Waals surface area (Å²) in [6, 6.07) is 42.8. The minimum Gasteiger partial charge on any atom is -0.456 e. The van der Waals surface area contributed by atoms with Crippen LogP contribution in [0.1, 0.15) is 25.0 Å². The molecule has 1 aliphatic carbocycles. The van der Waals surface area contributed by atoms with Crippen LogP contribution in [0.15, 0.2) is 126 Å². The lowest BCUT2D eigenvalue weighted by Gasteiger charge is -2.21. The first-order valence-electron chi connectivity index (χ1n) is 14.6. The number of fused-ring (bicyclic) bond motifs is 9. The Kier molecular flexibility index (Phi) is 4.74. The van der Waals surface area contributed by atoms with Crippen molar-refractivity contribution >= 4 is 49.4 Å². The van der Waals surface area contributed by atoms with Crippen molar-refractivity contribution in [1.29, 1.82) is 0 Å². The van der Waals surface area contributed by atoms with Gasteiger partial charge in [-0.2, -0.15) is 0 Å². The van der Waals surface area contributed by atoms with Crippen LogP contribution in [-0.2, 0) is 5.41 Å². The molecule has 2 aromatic heterocycles. The highest BCUT2D eigenvalue weighted by atomic mass is 16.3. The molecule has 2 heterocycles. The van der Waals surface area contributed by atoms with E-state index in [2.05, 4.69) is 132 Å². The van der Waals surface area contributed by atoms with Crippen LogP contribution in [-0.4, -0.2) is 4.57 Å². The first-order chi connectivity index (χ1) is 21.0. The molecule has 0 unspecified atom stereocenters. The molecule has 0 fully saturated rings. The van der Waals surface area contributed by atoms with E-state index in [4.69, 9.17) is 11.0 Å². The number of rotatable bonds is 2. The predicted octanol–water partition coefficient (Wildman–Crippen LogP) is 11.2. The Hall–Kier alpha value is -5.59. The molecule has 1 aliphatic rings. The van der Waals surface area contributed by atoms with E-state index in [1.807, 2.05) is 12.1 Å². The summed E-state index contributed by atoms with van der Waals surface area (Å²) in [6.07, 6.45) is 0. The summed E-state index contributed by atoms with van der Waals surface area (Å²) in [5.74, 6) is 0. The van der Waals surface area contributed by atoms with Gasteiger partial charge in [0.25, 0.3) is 0 Å². The fraction of sp³-hybridized carbons (Fsp3) is 0.0750. The van der Waals surface area contributed by atoms with E-state index in [1.165, 1.54) is 33.0 Å². The predicted molar refractivity (Wildman–Crippen MR) is 177 cm³/mol. The molecule has 0 radical (unpaired) electrons. The SMILES string of the molecule is [C-]#[N+]c1ccc(-c2cccc3oc4cc5c(cc4c23)-c2ccccc2C5(C)C)c(-n2c3ccccc3c3ccccc32)c1. The number of para-hydroxylation sites is 2. The molecule has 3 heteroatoms. The van der Waals surface area contributed by atoms with Gasteiger partial charge < -0.3 is 8.98 Å². The average Bonchev–Trinajstić information content (AvgIpc) is 3.66. The van der Waals surface area contributed by atoms with Crippen molar-refractivity contribution in [3.63, 3.8) is 0 Å². The van der Waals surface area contributed by atoms with Gasteiger partial charge in [0.2, 0.25) is 0 Å². The largest absolute Gasteiger partial charge is 0.456 e. The molecular weight excluding hydrogens is 524 g/mol. The number of furan rings is 1. The third-order valence-electron chi connectivity index (χ3n) is 9.42. The Morgan fingerprint density at radius 1 is 0.581 bits per heavy atom. The monoisotopic (exact) mass is 550 g/mol. The van der Waals surface area contributed by atoms with E-state index in [9.17, 15) is 0 Å². The summed E-state index contributed by atoms with van der Waals surface area (Å²) in [7, 11) is 0. The van der Waals surface area contributed by atoms with Crippen LogP contribution in [0.3, 0.4) is 0 Å².